The molecule has 0 saturated carbocycles. The van der Waals surface area contributed by atoms with E-state index in [0.717, 1.165) is 32.2 Å². The maximum atomic E-state index is 13.1. The zero-order valence-corrected chi connectivity index (χ0v) is 10.1. The van der Waals surface area contributed by atoms with Crippen LogP contribution in [0.1, 0.15) is 22.3 Å². The minimum Gasteiger partial charge on any atom is -0.478 e. The molecule has 0 aliphatic carbocycles. The first-order chi connectivity index (χ1) is 8.66. The third-order valence-corrected chi connectivity index (χ3v) is 3.01. The van der Waals surface area contributed by atoms with Gasteiger partial charge in [0.1, 0.15) is 5.82 Å². The summed E-state index contributed by atoms with van der Waals surface area (Å²) < 4.78 is 18.4. The average Bonchev–Trinajstić information content (AvgIpc) is 2.60. The summed E-state index contributed by atoms with van der Waals surface area (Å²) in [5.74, 6) is -1.61. The molecule has 1 fully saturated rings. The molecule has 1 aromatic carbocycles. The number of ether oxygens (including phenoxy) is 1. The molecule has 0 unspecified atom stereocenters. The van der Waals surface area contributed by atoms with Crippen LogP contribution in [0.15, 0.2) is 18.2 Å². The monoisotopic (exact) mass is 253 g/mol. The molecule has 1 heterocycles. The Labute approximate surface area is 105 Å². The quantitative estimate of drug-likeness (QED) is 0.891. The lowest BCUT2D eigenvalue weighted by Gasteiger charge is -2.20. The second kappa shape index (κ2) is 5.93. The van der Waals surface area contributed by atoms with Crippen LogP contribution in [-0.4, -0.2) is 42.3 Å². The van der Waals surface area contributed by atoms with Crippen molar-refractivity contribution in [3.05, 3.63) is 35.1 Å². The summed E-state index contributed by atoms with van der Waals surface area (Å²) in [6, 6.07) is 3.92. The van der Waals surface area contributed by atoms with Gasteiger partial charge in [-0.05, 0) is 24.1 Å². The van der Waals surface area contributed by atoms with Crippen molar-refractivity contribution >= 4 is 5.97 Å². The zero-order valence-electron chi connectivity index (χ0n) is 10.1. The molecule has 1 N–H and O–H groups in total. The van der Waals surface area contributed by atoms with Crippen LogP contribution in [0.5, 0.6) is 0 Å². The van der Waals surface area contributed by atoms with Crippen LogP contribution in [0.4, 0.5) is 4.39 Å². The number of aromatic carboxylic acids is 1. The lowest BCUT2D eigenvalue weighted by molar-refractivity contribution is 0.0694. The SMILES string of the molecule is O=C(O)c1cc(F)ccc1CN1CCCOCC1. The third kappa shape index (κ3) is 3.27. The van der Waals surface area contributed by atoms with Crippen molar-refractivity contribution in [1.82, 2.24) is 4.90 Å². The Morgan fingerprint density at radius 3 is 3.00 bits per heavy atom. The van der Waals surface area contributed by atoms with Gasteiger partial charge in [-0.3, -0.25) is 4.90 Å². The number of halogens is 1. The Balaban J connectivity index is 2.14. The van der Waals surface area contributed by atoms with E-state index in [1.54, 1.807) is 6.07 Å². The summed E-state index contributed by atoms with van der Waals surface area (Å²) in [4.78, 5) is 13.2. The Morgan fingerprint density at radius 2 is 2.22 bits per heavy atom. The summed E-state index contributed by atoms with van der Waals surface area (Å²) in [6.45, 7) is 3.56. The minimum atomic E-state index is -1.09. The minimum absolute atomic E-state index is 0.0418. The Hall–Kier alpha value is -1.46. The number of hydrogen-bond acceptors (Lipinski definition) is 3. The predicted molar refractivity (Wildman–Crippen MR) is 64.1 cm³/mol. The Morgan fingerprint density at radius 1 is 1.39 bits per heavy atom. The van der Waals surface area contributed by atoms with Crippen LogP contribution in [0, 0.1) is 5.82 Å². The largest absolute Gasteiger partial charge is 0.478 e. The molecule has 4 nitrogen and oxygen atoms in total. The molecule has 5 heteroatoms. The Kier molecular flexibility index (Phi) is 4.28. The summed E-state index contributed by atoms with van der Waals surface area (Å²) in [6.07, 6.45) is 0.934. The fraction of sp³-hybridized carbons (Fsp3) is 0.462. The molecule has 1 aliphatic rings. The highest BCUT2D eigenvalue weighted by Crippen LogP contribution is 2.15. The van der Waals surface area contributed by atoms with E-state index in [4.69, 9.17) is 9.84 Å². The highest BCUT2D eigenvalue weighted by molar-refractivity contribution is 5.89. The molecule has 0 radical (unpaired) electrons. The zero-order chi connectivity index (χ0) is 13.0. The van der Waals surface area contributed by atoms with Crippen LogP contribution < -0.4 is 0 Å². The highest BCUT2D eigenvalue weighted by Gasteiger charge is 2.15. The van der Waals surface area contributed by atoms with Gasteiger partial charge in [-0.1, -0.05) is 6.07 Å². The molecule has 2 rings (SSSR count). The van der Waals surface area contributed by atoms with Gasteiger partial charge in [0.25, 0.3) is 0 Å². The van der Waals surface area contributed by atoms with Crippen molar-refractivity contribution in [3.63, 3.8) is 0 Å². The van der Waals surface area contributed by atoms with Crippen LogP contribution in [0.3, 0.4) is 0 Å². The van der Waals surface area contributed by atoms with E-state index in [2.05, 4.69) is 4.90 Å². The molecule has 18 heavy (non-hydrogen) atoms. The van der Waals surface area contributed by atoms with E-state index >= 15 is 0 Å². The number of rotatable bonds is 3. The molecule has 1 aromatic rings. The van der Waals surface area contributed by atoms with Crippen molar-refractivity contribution < 1.29 is 19.0 Å². The highest BCUT2D eigenvalue weighted by atomic mass is 19.1. The second-order valence-corrected chi connectivity index (χ2v) is 4.35. The third-order valence-electron chi connectivity index (χ3n) is 3.01. The van der Waals surface area contributed by atoms with Crippen molar-refractivity contribution in [3.8, 4) is 0 Å². The van der Waals surface area contributed by atoms with Crippen LogP contribution >= 0.6 is 0 Å². The van der Waals surface area contributed by atoms with E-state index < -0.39 is 11.8 Å². The maximum absolute atomic E-state index is 13.1. The lowest BCUT2D eigenvalue weighted by Crippen LogP contribution is -2.26. The van der Waals surface area contributed by atoms with E-state index in [-0.39, 0.29) is 5.56 Å². The number of benzene rings is 1. The summed E-state index contributed by atoms with van der Waals surface area (Å²) in [5.41, 5.74) is 0.686. The van der Waals surface area contributed by atoms with E-state index in [0.29, 0.717) is 18.7 Å². The van der Waals surface area contributed by atoms with Gasteiger partial charge in [0.2, 0.25) is 0 Å². The summed E-state index contributed by atoms with van der Waals surface area (Å²) >= 11 is 0. The van der Waals surface area contributed by atoms with Crippen molar-refractivity contribution in [1.29, 1.82) is 0 Å². The number of carboxylic acid groups (broad SMARTS) is 1. The molecular formula is C13H16FNO3. The average molecular weight is 253 g/mol. The Bertz CT molecular complexity index is 428. The predicted octanol–water partition coefficient (Wildman–Crippen LogP) is 1.75. The van der Waals surface area contributed by atoms with E-state index in [1.165, 1.54) is 6.07 Å². The molecule has 1 saturated heterocycles. The van der Waals surface area contributed by atoms with Gasteiger partial charge in [0.05, 0.1) is 12.2 Å². The summed E-state index contributed by atoms with van der Waals surface area (Å²) in [5, 5.41) is 9.07. The second-order valence-electron chi connectivity index (χ2n) is 4.35. The normalized spacial score (nSPS) is 17.4. The van der Waals surface area contributed by atoms with Gasteiger partial charge in [-0.2, -0.15) is 0 Å². The van der Waals surface area contributed by atoms with E-state index in [9.17, 15) is 9.18 Å². The number of nitrogens with zero attached hydrogens (tertiary/aromatic N) is 1. The molecule has 98 valence electrons. The standard InChI is InChI=1S/C13H16FNO3/c14-11-3-2-10(12(8-11)13(16)17)9-15-4-1-6-18-7-5-15/h2-3,8H,1,4-7,9H2,(H,16,17). The molecule has 0 atom stereocenters. The molecule has 0 amide bonds. The van der Waals surface area contributed by atoms with Crippen LogP contribution in [0.25, 0.3) is 0 Å². The van der Waals surface area contributed by atoms with Gasteiger partial charge >= 0.3 is 5.97 Å². The van der Waals surface area contributed by atoms with Crippen molar-refractivity contribution in [2.24, 2.45) is 0 Å². The van der Waals surface area contributed by atoms with Crippen molar-refractivity contribution in [2.75, 3.05) is 26.3 Å². The first kappa shape index (κ1) is 13.0. The fourth-order valence-corrected chi connectivity index (χ4v) is 2.08. The van der Waals surface area contributed by atoms with Gasteiger partial charge < -0.3 is 9.84 Å². The number of carbonyl (C=O) groups is 1. The molecule has 0 bridgehead atoms. The smallest absolute Gasteiger partial charge is 0.336 e. The van der Waals surface area contributed by atoms with Gasteiger partial charge in [-0.25, -0.2) is 9.18 Å². The van der Waals surface area contributed by atoms with Crippen LogP contribution in [-0.2, 0) is 11.3 Å². The van der Waals surface area contributed by atoms with Crippen LogP contribution in [0.2, 0.25) is 0 Å². The number of hydrogen-bond donors (Lipinski definition) is 1. The summed E-state index contributed by atoms with van der Waals surface area (Å²) in [7, 11) is 0. The first-order valence-corrected chi connectivity index (χ1v) is 5.98. The van der Waals surface area contributed by atoms with Gasteiger partial charge in [-0.15, -0.1) is 0 Å². The lowest BCUT2D eigenvalue weighted by atomic mass is 10.1. The van der Waals surface area contributed by atoms with Gasteiger partial charge in [0, 0.05) is 26.2 Å². The molecule has 0 spiro atoms. The van der Waals surface area contributed by atoms with Gasteiger partial charge in [0.15, 0.2) is 0 Å². The van der Waals surface area contributed by atoms with Crippen molar-refractivity contribution in [2.45, 2.75) is 13.0 Å². The first-order valence-electron chi connectivity index (χ1n) is 5.98. The molecular weight excluding hydrogens is 237 g/mol. The molecule has 0 aromatic heterocycles. The van der Waals surface area contributed by atoms with E-state index in [1.807, 2.05) is 0 Å². The molecule has 1 aliphatic heterocycles. The topological polar surface area (TPSA) is 49.8 Å². The fourth-order valence-electron chi connectivity index (χ4n) is 2.08. The maximum Gasteiger partial charge on any atom is 0.336 e. The number of carboxylic acids is 1.